The first-order valence-electron chi connectivity index (χ1n) is 10.1. The van der Waals surface area contributed by atoms with Gasteiger partial charge < -0.3 is 0 Å². The summed E-state index contributed by atoms with van der Waals surface area (Å²) < 4.78 is 0. The van der Waals surface area contributed by atoms with Gasteiger partial charge >= 0.3 is 0 Å². The van der Waals surface area contributed by atoms with E-state index in [1.165, 1.54) is 4.90 Å². The van der Waals surface area contributed by atoms with Crippen molar-refractivity contribution in [1.29, 1.82) is 0 Å². The minimum absolute atomic E-state index is 0.324. The first-order valence-corrected chi connectivity index (χ1v) is 11.7. The molecule has 0 N–H and O–H groups in total. The normalized spacial score (nSPS) is 14.2. The maximum atomic E-state index is 13.1. The molecule has 0 saturated carbocycles. The van der Waals surface area contributed by atoms with Crippen LogP contribution in [0.25, 0.3) is 22.3 Å². The number of nitrogens with zero attached hydrogens (tertiary/aromatic N) is 3. The lowest BCUT2D eigenvalue weighted by atomic mass is 10.0. The van der Waals surface area contributed by atoms with Crippen LogP contribution in [0.4, 0.5) is 0 Å². The Morgan fingerprint density at radius 1 is 0.844 bits per heavy atom. The molecule has 3 aromatic carbocycles. The van der Waals surface area contributed by atoms with Crippen LogP contribution < -0.4 is 0 Å². The molecule has 1 aliphatic rings. The fraction of sp³-hybridized carbons (Fsp3) is 0.120. The van der Waals surface area contributed by atoms with Crippen molar-refractivity contribution in [1.82, 2.24) is 14.9 Å². The summed E-state index contributed by atoms with van der Waals surface area (Å²) in [5.41, 5.74) is 4.06. The zero-order valence-corrected chi connectivity index (χ0v) is 18.9. The molecule has 1 aliphatic heterocycles. The van der Waals surface area contributed by atoms with Gasteiger partial charge in [0.25, 0.3) is 11.8 Å². The third-order valence-corrected chi connectivity index (χ3v) is 6.74. The molecule has 0 saturated heterocycles. The van der Waals surface area contributed by atoms with Gasteiger partial charge in [0.2, 0.25) is 0 Å². The molecule has 0 fully saturated rings. The van der Waals surface area contributed by atoms with E-state index in [0.717, 1.165) is 10.5 Å². The minimum atomic E-state index is -0.622. The van der Waals surface area contributed by atoms with Crippen molar-refractivity contribution in [2.75, 3.05) is 6.26 Å². The molecule has 5 nitrogen and oxygen atoms in total. The Hall–Kier alpha value is -3.22. The summed E-state index contributed by atoms with van der Waals surface area (Å²) in [5.74, 6) is -0.648. The van der Waals surface area contributed by atoms with Gasteiger partial charge in [-0.05, 0) is 43.5 Å². The quantitative estimate of drug-likeness (QED) is 0.275. The lowest BCUT2D eigenvalue weighted by molar-refractivity contribution is 0.0592. The van der Waals surface area contributed by atoms with Crippen LogP contribution >= 0.6 is 23.4 Å². The van der Waals surface area contributed by atoms with Gasteiger partial charge in [0.1, 0.15) is 5.52 Å². The third-order valence-electron chi connectivity index (χ3n) is 5.64. The Bertz CT molecular complexity index is 1370. The highest BCUT2D eigenvalue weighted by Crippen LogP contribution is 2.38. The molecule has 158 valence electrons. The number of amides is 2. The second kappa shape index (κ2) is 8.04. The number of halogens is 1. The third kappa shape index (κ3) is 3.18. The molecule has 32 heavy (non-hydrogen) atoms. The van der Waals surface area contributed by atoms with Crippen molar-refractivity contribution in [2.45, 2.75) is 17.9 Å². The number of para-hydroxylation sites is 1. The molecule has 0 aliphatic carbocycles. The Kier molecular flexibility index (Phi) is 5.19. The maximum Gasteiger partial charge on any atom is 0.262 e. The van der Waals surface area contributed by atoms with Gasteiger partial charge in [0.05, 0.1) is 39.1 Å². The van der Waals surface area contributed by atoms with Crippen LogP contribution in [0.3, 0.4) is 0 Å². The van der Waals surface area contributed by atoms with Crippen molar-refractivity contribution in [3.63, 3.8) is 0 Å². The highest BCUT2D eigenvalue weighted by Gasteiger charge is 2.40. The molecule has 4 aromatic rings. The predicted molar refractivity (Wildman–Crippen MR) is 127 cm³/mol. The van der Waals surface area contributed by atoms with Crippen LogP contribution in [0.15, 0.2) is 71.6 Å². The van der Waals surface area contributed by atoms with E-state index in [-0.39, 0.29) is 11.8 Å². The van der Waals surface area contributed by atoms with E-state index < -0.39 is 6.04 Å². The average molecular weight is 460 g/mol. The van der Waals surface area contributed by atoms with Gasteiger partial charge in [0, 0.05) is 10.5 Å². The molecular weight excluding hydrogens is 442 g/mol. The maximum absolute atomic E-state index is 13.1. The molecule has 0 bridgehead atoms. The molecule has 2 amide bonds. The second-order valence-corrected chi connectivity index (χ2v) is 8.72. The van der Waals surface area contributed by atoms with Crippen LogP contribution in [-0.4, -0.2) is 32.9 Å². The van der Waals surface area contributed by atoms with E-state index in [1.807, 2.05) is 49.6 Å². The van der Waals surface area contributed by atoms with Crippen molar-refractivity contribution in [3.8, 4) is 11.3 Å². The lowest BCUT2D eigenvalue weighted by Gasteiger charge is -2.24. The number of carbonyl (C=O) groups is 2. The summed E-state index contributed by atoms with van der Waals surface area (Å²) in [5, 5.41) is 0.498. The average Bonchev–Trinajstić information content (AvgIpc) is 3.08. The molecule has 5 rings (SSSR count). The Labute approximate surface area is 194 Å². The molecule has 7 heteroatoms. The summed E-state index contributed by atoms with van der Waals surface area (Å²) in [6, 6.07) is 19.5. The number of aromatic nitrogens is 2. The standard InChI is InChI=1S/C25H18ClN3O2S/c1-14(29-24(30)15-8-3-4-9-16(15)25(29)31)21-22(17-10-5-6-13-20(17)32-2)28-23-18(26)11-7-12-19(23)27-21/h3-14H,1-2H3. The summed E-state index contributed by atoms with van der Waals surface area (Å²) in [4.78, 5) is 38.3. The van der Waals surface area contributed by atoms with E-state index in [4.69, 9.17) is 21.6 Å². The van der Waals surface area contributed by atoms with Gasteiger partial charge in [-0.1, -0.05) is 48.0 Å². The number of hydrogen-bond donors (Lipinski definition) is 0. The number of carbonyl (C=O) groups excluding carboxylic acids is 2. The molecule has 1 atom stereocenters. The smallest absolute Gasteiger partial charge is 0.262 e. The summed E-state index contributed by atoms with van der Waals surface area (Å²) in [7, 11) is 0. The lowest BCUT2D eigenvalue weighted by Crippen LogP contribution is -2.33. The topological polar surface area (TPSA) is 63.2 Å². The largest absolute Gasteiger partial charge is 0.269 e. The first kappa shape index (κ1) is 20.7. The molecule has 0 spiro atoms. The summed E-state index contributed by atoms with van der Waals surface area (Å²) in [6.07, 6.45) is 1.99. The molecule has 1 aromatic heterocycles. The summed E-state index contributed by atoms with van der Waals surface area (Å²) >= 11 is 8.03. The Morgan fingerprint density at radius 3 is 2.12 bits per heavy atom. The number of hydrogen-bond acceptors (Lipinski definition) is 5. The Morgan fingerprint density at radius 2 is 1.47 bits per heavy atom. The first-order chi connectivity index (χ1) is 15.5. The SMILES string of the molecule is CSc1ccccc1-c1nc2c(Cl)cccc2nc1C(C)N1C(=O)c2ccccc2C1=O. The van der Waals surface area contributed by atoms with E-state index in [2.05, 4.69) is 0 Å². The number of rotatable bonds is 4. The van der Waals surface area contributed by atoms with Crippen molar-refractivity contribution in [3.05, 3.63) is 88.6 Å². The monoisotopic (exact) mass is 459 g/mol. The van der Waals surface area contributed by atoms with E-state index in [1.54, 1.807) is 42.1 Å². The Balaban J connectivity index is 1.73. The highest BCUT2D eigenvalue weighted by atomic mass is 35.5. The molecule has 1 unspecified atom stereocenters. The van der Waals surface area contributed by atoms with Gasteiger partial charge in [-0.15, -0.1) is 11.8 Å². The minimum Gasteiger partial charge on any atom is -0.269 e. The van der Waals surface area contributed by atoms with Gasteiger partial charge in [-0.2, -0.15) is 0 Å². The van der Waals surface area contributed by atoms with Gasteiger partial charge in [-0.25, -0.2) is 9.97 Å². The van der Waals surface area contributed by atoms with Crippen molar-refractivity contribution < 1.29 is 9.59 Å². The highest BCUT2D eigenvalue weighted by molar-refractivity contribution is 7.98. The fourth-order valence-corrected chi connectivity index (χ4v) is 4.88. The number of fused-ring (bicyclic) bond motifs is 2. The van der Waals surface area contributed by atoms with Crippen molar-refractivity contribution in [2.24, 2.45) is 0 Å². The predicted octanol–water partition coefficient (Wildman–Crippen LogP) is 6.03. The zero-order chi connectivity index (χ0) is 22.4. The van der Waals surface area contributed by atoms with E-state index in [0.29, 0.717) is 38.6 Å². The second-order valence-electron chi connectivity index (χ2n) is 7.47. The molecular formula is C25H18ClN3O2S. The number of imide groups is 1. The van der Waals surface area contributed by atoms with E-state index >= 15 is 0 Å². The van der Waals surface area contributed by atoms with Gasteiger partial charge in [0.15, 0.2) is 0 Å². The van der Waals surface area contributed by atoms with Gasteiger partial charge in [-0.3, -0.25) is 14.5 Å². The number of benzene rings is 3. The molecule has 0 radical (unpaired) electrons. The van der Waals surface area contributed by atoms with Crippen molar-refractivity contribution >= 4 is 46.2 Å². The van der Waals surface area contributed by atoms with Crippen LogP contribution in [0.5, 0.6) is 0 Å². The van der Waals surface area contributed by atoms with Crippen LogP contribution in [0, 0.1) is 0 Å². The van der Waals surface area contributed by atoms with E-state index in [9.17, 15) is 9.59 Å². The van der Waals surface area contributed by atoms with Crippen LogP contribution in [0.1, 0.15) is 39.4 Å². The van der Waals surface area contributed by atoms with Crippen LogP contribution in [-0.2, 0) is 0 Å². The number of thioether (sulfide) groups is 1. The van der Waals surface area contributed by atoms with Crippen LogP contribution in [0.2, 0.25) is 5.02 Å². The fourth-order valence-electron chi connectivity index (χ4n) is 4.07. The molecule has 2 heterocycles. The summed E-state index contributed by atoms with van der Waals surface area (Å²) in [6.45, 7) is 1.81. The zero-order valence-electron chi connectivity index (χ0n) is 17.4.